The van der Waals surface area contributed by atoms with Crippen molar-refractivity contribution in [3.63, 3.8) is 0 Å². The van der Waals surface area contributed by atoms with E-state index in [0.29, 0.717) is 0 Å². The van der Waals surface area contributed by atoms with Crippen LogP contribution in [0.4, 0.5) is 10.1 Å². The Hall–Kier alpha value is -2.43. The fourth-order valence-electron chi connectivity index (χ4n) is 1.65. The molecule has 1 atom stereocenters. The predicted octanol–water partition coefficient (Wildman–Crippen LogP) is 2.29. The van der Waals surface area contributed by atoms with E-state index in [2.05, 4.69) is 10.3 Å². The largest absolute Gasteiger partial charge is 0.396 e. The molecule has 2 aromatic rings. The number of nitrogens with zero attached hydrogens (tertiary/aromatic N) is 1. The molecule has 1 amide bonds. The van der Waals surface area contributed by atoms with Gasteiger partial charge in [0.2, 0.25) is 0 Å². The van der Waals surface area contributed by atoms with Crippen LogP contribution in [0.25, 0.3) is 0 Å². The number of hydrogen-bond acceptors (Lipinski definition) is 3. The molecule has 2 rings (SSSR count). The van der Waals surface area contributed by atoms with Crippen molar-refractivity contribution in [2.24, 2.45) is 0 Å². The second-order valence-electron chi connectivity index (χ2n) is 4.19. The molecule has 0 saturated heterocycles. The number of hydrogen-bond donors (Lipinski definition) is 2. The molecule has 0 radical (unpaired) electrons. The maximum Gasteiger partial charge on any atom is 0.251 e. The van der Waals surface area contributed by atoms with Gasteiger partial charge in [-0.05, 0) is 37.3 Å². The summed E-state index contributed by atoms with van der Waals surface area (Å²) in [6.07, 6.45) is 1.65. The van der Waals surface area contributed by atoms with Gasteiger partial charge in [0.25, 0.3) is 5.91 Å². The first-order valence-electron chi connectivity index (χ1n) is 5.84. The molecule has 0 spiro atoms. The fourth-order valence-corrected chi connectivity index (χ4v) is 1.65. The SMILES string of the molecule is C[C@@H](NC(=O)c1ccc(N)c(F)c1)c1ccccn1. The summed E-state index contributed by atoms with van der Waals surface area (Å²) < 4.78 is 13.3. The summed E-state index contributed by atoms with van der Waals surface area (Å²) in [5, 5.41) is 2.75. The van der Waals surface area contributed by atoms with Crippen LogP contribution in [0.3, 0.4) is 0 Å². The van der Waals surface area contributed by atoms with Gasteiger partial charge in [0.05, 0.1) is 17.4 Å². The van der Waals surface area contributed by atoms with Gasteiger partial charge < -0.3 is 11.1 Å². The topological polar surface area (TPSA) is 68.0 Å². The molecule has 1 aromatic carbocycles. The summed E-state index contributed by atoms with van der Waals surface area (Å²) in [7, 11) is 0. The van der Waals surface area contributed by atoms with Crippen molar-refractivity contribution in [1.82, 2.24) is 10.3 Å². The molecule has 0 aliphatic heterocycles. The van der Waals surface area contributed by atoms with E-state index in [1.165, 1.54) is 12.1 Å². The van der Waals surface area contributed by atoms with E-state index in [0.717, 1.165) is 11.8 Å². The first-order valence-corrected chi connectivity index (χ1v) is 5.84. The van der Waals surface area contributed by atoms with Gasteiger partial charge in [-0.1, -0.05) is 6.07 Å². The van der Waals surface area contributed by atoms with Gasteiger partial charge in [0.1, 0.15) is 5.82 Å². The van der Waals surface area contributed by atoms with Gasteiger partial charge in [-0.25, -0.2) is 4.39 Å². The molecule has 98 valence electrons. The normalized spacial score (nSPS) is 11.9. The van der Waals surface area contributed by atoms with Crippen LogP contribution in [-0.4, -0.2) is 10.9 Å². The van der Waals surface area contributed by atoms with E-state index in [1.807, 2.05) is 19.1 Å². The maximum atomic E-state index is 13.3. The van der Waals surface area contributed by atoms with Crippen LogP contribution in [0.15, 0.2) is 42.6 Å². The van der Waals surface area contributed by atoms with Gasteiger partial charge in [-0.3, -0.25) is 9.78 Å². The number of amides is 1. The lowest BCUT2D eigenvalue weighted by molar-refractivity contribution is 0.0938. The van der Waals surface area contributed by atoms with Gasteiger partial charge >= 0.3 is 0 Å². The van der Waals surface area contributed by atoms with E-state index in [-0.39, 0.29) is 23.2 Å². The third kappa shape index (κ3) is 3.07. The van der Waals surface area contributed by atoms with E-state index < -0.39 is 5.82 Å². The van der Waals surface area contributed by atoms with Crippen LogP contribution in [0.5, 0.6) is 0 Å². The molecule has 4 nitrogen and oxygen atoms in total. The molecule has 3 N–H and O–H groups in total. The van der Waals surface area contributed by atoms with Gasteiger partial charge in [0, 0.05) is 11.8 Å². The lowest BCUT2D eigenvalue weighted by atomic mass is 10.1. The van der Waals surface area contributed by atoms with Crippen molar-refractivity contribution >= 4 is 11.6 Å². The molecule has 0 saturated carbocycles. The summed E-state index contributed by atoms with van der Waals surface area (Å²) in [6.45, 7) is 1.81. The standard InChI is InChI=1S/C14H14FN3O/c1-9(13-4-2-3-7-17-13)18-14(19)10-5-6-12(16)11(15)8-10/h2-9H,16H2,1H3,(H,18,19)/t9-/m1/s1. The summed E-state index contributed by atoms with van der Waals surface area (Å²) >= 11 is 0. The van der Waals surface area contributed by atoms with Crippen molar-refractivity contribution in [2.75, 3.05) is 5.73 Å². The highest BCUT2D eigenvalue weighted by atomic mass is 19.1. The summed E-state index contributed by atoms with van der Waals surface area (Å²) in [5.41, 5.74) is 6.36. The maximum absolute atomic E-state index is 13.3. The third-order valence-corrected chi connectivity index (χ3v) is 2.74. The summed E-state index contributed by atoms with van der Waals surface area (Å²) in [5.74, 6) is -0.963. The summed E-state index contributed by atoms with van der Waals surface area (Å²) in [4.78, 5) is 16.1. The first-order chi connectivity index (χ1) is 9.08. The fraction of sp³-hybridized carbons (Fsp3) is 0.143. The van der Waals surface area contributed by atoms with E-state index in [4.69, 9.17) is 5.73 Å². The number of carbonyl (C=O) groups is 1. The van der Waals surface area contributed by atoms with Crippen LogP contribution in [0.1, 0.15) is 29.0 Å². The zero-order chi connectivity index (χ0) is 13.8. The highest BCUT2D eigenvalue weighted by Gasteiger charge is 2.13. The highest BCUT2D eigenvalue weighted by Crippen LogP contribution is 2.14. The molecule has 0 aliphatic carbocycles. The van der Waals surface area contributed by atoms with Gasteiger partial charge in [-0.15, -0.1) is 0 Å². The number of anilines is 1. The van der Waals surface area contributed by atoms with Crippen molar-refractivity contribution in [2.45, 2.75) is 13.0 Å². The van der Waals surface area contributed by atoms with E-state index in [9.17, 15) is 9.18 Å². The lowest BCUT2D eigenvalue weighted by Crippen LogP contribution is -2.27. The third-order valence-electron chi connectivity index (χ3n) is 2.74. The highest BCUT2D eigenvalue weighted by molar-refractivity contribution is 5.94. The summed E-state index contributed by atoms with van der Waals surface area (Å²) in [6, 6.07) is 9.18. The van der Waals surface area contributed by atoms with Gasteiger partial charge in [0.15, 0.2) is 0 Å². The van der Waals surface area contributed by atoms with E-state index >= 15 is 0 Å². The Kier molecular flexibility index (Phi) is 3.75. The molecule has 0 fully saturated rings. The monoisotopic (exact) mass is 259 g/mol. The Bertz CT molecular complexity index is 586. The average Bonchev–Trinajstić information content (AvgIpc) is 2.42. The first kappa shape index (κ1) is 13.0. The Labute approximate surface area is 110 Å². The number of benzene rings is 1. The second kappa shape index (κ2) is 5.48. The molecule has 0 bridgehead atoms. The number of nitrogen functional groups attached to an aromatic ring is 1. The van der Waals surface area contributed by atoms with Crippen LogP contribution < -0.4 is 11.1 Å². The minimum atomic E-state index is -0.599. The molecular formula is C14H14FN3O. The van der Waals surface area contributed by atoms with Crippen molar-refractivity contribution in [3.05, 3.63) is 59.7 Å². The molecule has 0 aliphatic rings. The van der Waals surface area contributed by atoms with Crippen molar-refractivity contribution < 1.29 is 9.18 Å². The number of nitrogens with two attached hydrogens (primary N) is 1. The Morgan fingerprint density at radius 1 is 1.37 bits per heavy atom. The van der Waals surface area contributed by atoms with Crippen LogP contribution >= 0.6 is 0 Å². The van der Waals surface area contributed by atoms with Crippen molar-refractivity contribution in [1.29, 1.82) is 0 Å². The molecule has 1 aromatic heterocycles. The Morgan fingerprint density at radius 3 is 2.79 bits per heavy atom. The molecule has 1 heterocycles. The van der Waals surface area contributed by atoms with Crippen molar-refractivity contribution in [3.8, 4) is 0 Å². The quantitative estimate of drug-likeness (QED) is 0.831. The second-order valence-corrected chi connectivity index (χ2v) is 4.19. The zero-order valence-corrected chi connectivity index (χ0v) is 10.4. The van der Waals surface area contributed by atoms with Crippen LogP contribution in [0.2, 0.25) is 0 Å². The number of pyridine rings is 1. The van der Waals surface area contributed by atoms with Gasteiger partial charge in [-0.2, -0.15) is 0 Å². The average molecular weight is 259 g/mol. The number of halogens is 1. The molecule has 5 heteroatoms. The zero-order valence-electron chi connectivity index (χ0n) is 10.4. The minimum Gasteiger partial charge on any atom is -0.396 e. The molecular weight excluding hydrogens is 245 g/mol. The number of rotatable bonds is 3. The minimum absolute atomic E-state index is 0.0225. The Morgan fingerprint density at radius 2 is 2.16 bits per heavy atom. The molecule has 0 unspecified atom stereocenters. The van der Waals surface area contributed by atoms with E-state index in [1.54, 1.807) is 12.3 Å². The smallest absolute Gasteiger partial charge is 0.251 e. The lowest BCUT2D eigenvalue weighted by Gasteiger charge is -2.13. The number of aromatic nitrogens is 1. The molecule has 19 heavy (non-hydrogen) atoms. The number of carbonyl (C=O) groups excluding carboxylic acids is 1. The number of nitrogens with one attached hydrogen (secondary N) is 1. The Balaban J connectivity index is 2.11. The van der Waals surface area contributed by atoms with Crippen LogP contribution in [0, 0.1) is 5.82 Å². The van der Waals surface area contributed by atoms with Crippen LogP contribution in [-0.2, 0) is 0 Å². The predicted molar refractivity (Wildman–Crippen MR) is 70.9 cm³/mol.